The minimum Gasteiger partial charge on any atom is -0.330 e. The van der Waals surface area contributed by atoms with Crippen LogP contribution < -0.4 is 0 Å². The Morgan fingerprint density at radius 3 is 2.64 bits per heavy atom. The third-order valence-electron chi connectivity index (χ3n) is 2.93. The average molecular weight is 194 g/mol. The van der Waals surface area contributed by atoms with Crippen LogP contribution in [0.1, 0.15) is 39.0 Å². The van der Waals surface area contributed by atoms with Gasteiger partial charge in [-0.25, -0.2) is 0 Å². The van der Waals surface area contributed by atoms with Crippen LogP contribution in [0.15, 0.2) is 0 Å². The summed E-state index contributed by atoms with van der Waals surface area (Å²) in [6, 6.07) is 2.03. The first-order valence-corrected chi connectivity index (χ1v) is 5.42. The van der Waals surface area contributed by atoms with Gasteiger partial charge in [0.1, 0.15) is 6.54 Å². The summed E-state index contributed by atoms with van der Waals surface area (Å²) < 4.78 is 0. The van der Waals surface area contributed by atoms with Gasteiger partial charge in [-0.3, -0.25) is 4.79 Å². The van der Waals surface area contributed by atoms with Crippen molar-refractivity contribution in [3.63, 3.8) is 0 Å². The van der Waals surface area contributed by atoms with Crippen LogP contribution in [0, 0.1) is 17.2 Å². The normalized spacial score (nSPS) is 16.6. The van der Waals surface area contributed by atoms with E-state index in [9.17, 15) is 4.79 Å². The van der Waals surface area contributed by atoms with Crippen molar-refractivity contribution < 1.29 is 4.79 Å². The zero-order valence-corrected chi connectivity index (χ0v) is 8.83. The van der Waals surface area contributed by atoms with E-state index >= 15 is 0 Å². The van der Waals surface area contributed by atoms with E-state index in [4.69, 9.17) is 5.26 Å². The largest absolute Gasteiger partial charge is 0.330 e. The second-order valence-corrected chi connectivity index (χ2v) is 3.92. The first-order chi connectivity index (χ1) is 6.77. The SMILES string of the molecule is CCN(CC#N)C(=O)CC1CCCC1. The minimum atomic E-state index is 0.154. The fourth-order valence-corrected chi connectivity index (χ4v) is 2.05. The van der Waals surface area contributed by atoms with Gasteiger partial charge in [0, 0.05) is 13.0 Å². The lowest BCUT2D eigenvalue weighted by molar-refractivity contribution is -0.131. The van der Waals surface area contributed by atoms with E-state index in [1.807, 2.05) is 13.0 Å². The number of carbonyl (C=O) groups is 1. The summed E-state index contributed by atoms with van der Waals surface area (Å²) >= 11 is 0. The number of rotatable bonds is 4. The van der Waals surface area contributed by atoms with Crippen molar-refractivity contribution in [2.75, 3.05) is 13.1 Å². The van der Waals surface area contributed by atoms with Crippen molar-refractivity contribution in [3.8, 4) is 6.07 Å². The molecule has 1 rings (SSSR count). The highest BCUT2D eigenvalue weighted by atomic mass is 16.2. The highest BCUT2D eigenvalue weighted by molar-refractivity contribution is 5.76. The zero-order valence-electron chi connectivity index (χ0n) is 8.83. The van der Waals surface area contributed by atoms with Gasteiger partial charge in [0.2, 0.25) is 5.91 Å². The summed E-state index contributed by atoms with van der Waals surface area (Å²) in [5.41, 5.74) is 0. The molecule has 14 heavy (non-hydrogen) atoms. The summed E-state index contributed by atoms with van der Waals surface area (Å²) in [4.78, 5) is 13.3. The molecule has 0 N–H and O–H groups in total. The lowest BCUT2D eigenvalue weighted by Crippen LogP contribution is -2.32. The molecule has 1 fully saturated rings. The Morgan fingerprint density at radius 2 is 2.14 bits per heavy atom. The molecule has 0 bridgehead atoms. The maximum Gasteiger partial charge on any atom is 0.223 e. The maximum atomic E-state index is 11.7. The van der Waals surface area contributed by atoms with E-state index < -0.39 is 0 Å². The van der Waals surface area contributed by atoms with E-state index in [0.717, 1.165) is 0 Å². The van der Waals surface area contributed by atoms with Crippen molar-refractivity contribution in [1.29, 1.82) is 5.26 Å². The van der Waals surface area contributed by atoms with E-state index in [0.29, 0.717) is 18.9 Å². The molecule has 0 aromatic rings. The number of hydrogen-bond acceptors (Lipinski definition) is 2. The smallest absolute Gasteiger partial charge is 0.223 e. The highest BCUT2D eigenvalue weighted by Crippen LogP contribution is 2.27. The zero-order chi connectivity index (χ0) is 10.4. The molecule has 1 amide bonds. The molecule has 0 radical (unpaired) electrons. The summed E-state index contributed by atoms with van der Waals surface area (Å²) in [5, 5.41) is 8.53. The molecule has 0 spiro atoms. The predicted octanol–water partition coefficient (Wildman–Crippen LogP) is 1.94. The Balaban J connectivity index is 2.35. The maximum absolute atomic E-state index is 11.7. The van der Waals surface area contributed by atoms with Crippen LogP contribution in [0.5, 0.6) is 0 Å². The van der Waals surface area contributed by atoms with E-state index in [1.54, 1.807) is 4.90 Å². The molecule has 0 saturated heterocycles. The number of nitrogens with zero attached hydrogens (tertiary/aromatic N) is 2. The lowest BCUT2D eigenvalue weighted by atomic mass is 10.0. The summed E-state index contributed by atoms with van der Waals surface area (Å²) in [5.74, 6) is 0.733. The summed E-state index contributed by atoms with van der Waals surface area (Å²) in [6.07, 6.45) is 5.56. The Labute approximate surface area is 85.7 Å². The highest BCUT2D eigenvalue weighted by Gasteiger charge is 2.20. The lowest BCUT2D eigenvalue weighted by Gasteiger charge is -2.19. The van der Waals surface area contributed by atoms with E-state index in [1.165, 1.54) is 25.7 Å². The van der Waals surface area contributed by atoms with Gasteiger partial charge in [-0.15, -0.1) is 0 Å². The Hall–Kier alpha value is -1.04. The molecule has 1 saturated carbocycles. The van der Waals surface area contributed by atoms with E-state index in [2.05, 4.69) is 0 Å². The standard InChI is InChI=1S/C11H18N2O/c1-2-13(8-7-12)11(14)9-10-5-3-4-6-10/h10H,2-6,8-9H2,1H3. The molecule has 0 aromatic carbocycles. The fourth-order valence-electron chi connectivity index (χ4n) is 2.05. The van der Waals surface area contributed by atoms with Gasteiger partial charge < -0.3 is 4.90 Å². The molecule has 0 unspecified atom stereocenters. The van der Waals surface area contributed by atoms with Crippen LogP contribution in [0.3, 0.4) is 0 Å². The minimum absolute atomic E-state index is 0.154. The number of amides is 1. The van der Waals surface area contributed by atoms with Crippen molar-refractivity contribution in [1.82, 2.24) is 4.90 Å². The molecule has 0 atom stereocenters. The third-order valence-corrected chi connectivity index (χ3v) is 2.93. The molecule has 1 aliphatic carbocycles. The van der Waals surface area contributed by atoms with Crippen LogP contribution in [-0.2, 0) is 4.79 Å². The Bertz CT molecular complexity index is 226. The molecule has 1 aliphatic rings. The number of carbonyl (C=O) groups excluding carboxylic acids is 1. The van der Waals surface area contributed by atoms with Crippen molar-refractivity contribution >= 4 is 5.91 Å². The topological polar surface area (TPSA) is 44.1 Å². The second-order valence-electron chi connectivity index (χ2n) is 3.92. The average Bonchev–Trinajstić information content (AvgIpc) is 2.66. The summed E-state index contributed by atoms with van der Waals surface area (Å²) in [6.45, 7) is 2.81. The van der Waals surface area contributed by atoms with Gasteiger partial charge in [-0.05, 0) is 25.7 Å². The molecule has 78 valence electrons. The molecule has 3 heteroatoms. The van der Waals surface area contributed by atoms with Gasteiger partial charge in [-0.2, -0.15) is 5.26 Å². The monoisotopic (exact) mass is 194 g/mol. The number of hydrogen-bond donors (Lipinski definition) is 0. The van der Waals surface area contributed by atoms with Crippen molar-refractivity contribution in [2.24, 2.45) is 5.92 Å². The molecule has 3 nitrogen and oxygen atoms in total. The van der Waals surface area contributed by atoms with Crippen LogP contribution in [-0.4, -0.2) is 23.9 Å². The summed E-state index contributed by atoms with van der Waals surface area (Å²) in [7, 11) is 0. The van der Waals surface area contributed by atoms with Crippen molar-refractivity contribution in [2.45, 2.75) is 39.0 Å². The van der Waals surface area contributed by atoms with Crippen LogP contribution in [0.25, 0.3) is 0 Å². The Kier molecular flexibility index (Phi) is 4.45. The predicted molar refractivity (Wildman–Crippen MR) is 54.4 cm³/mol. The van der Waals surface area contributed by atoms with Gasteiger partial charge in [0.15, 0.2) is 0 Å². The Morgan fingerprint density at radius 1 is 1.50 bits per heavy atom. The number of nitriles is 1. The van der Waals surface area contributed by atoms with Crippen LogP contribution in [0.2, 0.25) is 0 Å². The van der Waals surface area contributed by atoms with Gasteiger partial charge in [0.25, 0.3) is 0 Å². The van der Waals surface area contributed by atoms with Crippen LogP contribution in [0.4, 0.5) is 0 Å². The van der Waals surface area contributed by atoms with Gasteiger partial charge >= 0.3 is 0 Å². The van der Waals surface area contributed by atoms with E-state index in [-0.39, 0.29) is 12.5 Å². The fraction of sp³-hybridized carbons (Fsp3) is 0.818. The quantitative estimate of drug-likeness (QED) is 0.642. The molecular weight excluding hydrogens is 176 g/mol. The molecule has 0 aromatic heterocycles. The van der Waals surface area contributed by atoms with Crippen LogP contribution >= 0.6 is 0 Å². The van der Waals surface area contributed by atoms with Crippen molar-refractivity contribution in [3.05, 3.63) is 0 Å². The molecular formula is C11H18N2O. The first-order valence-electron chi connectivity index (χ1n) is 5.42. The first kappa shape index (κ1) is 11.0. The third kappa shape index (κ3) is 3.02. The molecule has 0 aliphatic heterocycles. The van der Waals surface area contributed by atoms with Gasteiger partial charge in [0.05, 0.1) is 6.07 Å². The second kappa shape index (κ2) is 5.64. The molecule has 0 heterocycles. The van der Waals surface area contributed by atoms with Gasteiger partial charge in [-0.1, -0.05) is 12.8 Å².